The normalized spacial score (nSPS) is 8.50. The van der Waals surface area contributed by atoms with Crippen LogP contribution in [0.5, 0.6) is 0 Å². The van der Waals surface area contributed by atoms with Crippen LogP contribution in [-0.2, 0) is 0 Å². The molecule has 3 heteroatoms. The molecular weight excluding hydrogens is 124 g/mol. The smallest absolute Gasteiger partial charge is 0.189 e. The van der Waals surface area contributed by atoms with Gasteiger partial charge in [-0.15, -0.1) is 0 Å². The highest BCUT2D eigenvalue weighted by molar-refractivity contribution is 6.29. The molecule has 0 aromatic carbocycles. The van der Waals surface area contributed by atoms with Crippen molar-refractivity contribution >= 4 is 11.6 Å². The zero-order valence-corrected chi connectivity index (χ0v) is 4.76. The molecule has 0 bridgehead atoms. The average Bonchev–Trinajstić information content (AvgIpc) is 2.14. The Balaban J connectivity index is 3.15. The molecule has 0 aliphatic heterocycles. The molecule has 0 unspecified atom stereocenters. The summed E-state index contributed by atoms with van der Waals surface area (Å²) in [6, 6.07) is 3.37. The van der Waals surface area contributed by atoms with E-state index in [9.17, 15) is 0 Å². The molecule has 0 aliphatic rings. The summed E-state index contributed by atoms with van der Waals surface area (Å²) in [5.74, 6) is 0. The Bertz CT molecular complexity index is 221. The van der Waals surface area contributed by atoms with Gasteiger partial charge in [-0.1, -0.05) is 11.6 Å². The first-order valence-corrected chi connectivity index (χ1v) is 2.45. The Morgan fingerprint density at radius 2 is 2.50 bits per heavy atom. The van der Waals surface area contributed by atoms with Crippen molar-refractivity contribution in [2.75, 3.05) is 0 Å². The predicted molar refractivity (Wildman–Crippen MR) is 30.5 cm³/mol. The third-order valence-electron chi connectivity index (χ3n) is 0.807. The topological polar surface area (TPSA) is 28.7 Å². The summed E-state index contributed by atoms with van der Waals surface area (Å²) in [6.07, 6.45) is 3.46. The second-order valence-electron chi connectivity index (χ2n) is 1.30. The number of hydrogen-bond acceptors (Lipinski definition) is 1. The summed E-state index contributed by atoms with van der Waals surface area (Å²) in [5, 5.41) is 8.69. The van der Waals surface area contributed by atoms with Crippen LogP contribution in [0.3, 0.4) is 0 Å². The van der Waals surface area contributed by atoms with Crippen molar-refractivity contribution in [3.63, 3.8) is 0 Å². The van der Waals surface area contributed by atoms with Crippen LogP contribution in [0.2, 0.25) is 5.15 Å². The number of rotatable bonds is 0. The summed E-state index contributed by atoms with van der Waals surface area (Å²) in [7, 11) is 0. The molecule has 2 nitrogen and oxygen atoms in total. The standard InChI is InChI=1S/C5H3ClN2/c6-5-2-1-3-8(5)4-7/h1-3H. The molecule has 0 fully saturated rings. The molecule has 1 aromatic heterocycles. The van der Waals surface area contributed by atoms with Crippen LogP contribution in [0.15, 0.2) is 18.3 Å². The lowest BCUT2D eigenvalue weighted by Crippen LogP contribution is -1.80. The van der Waals surface area contributed by atoms with Gasteiger partial charge in [-0.2, -0.15) is 5.26 Å². The van der Waals surface area contributed by atoms with Crippen molar-refractivity contribution in [1.82, 2.24) is 4.57 Å². The lowest BCUT2D eigenvalue weighted by Gasteiger charge is -1.82. The zero-order chi connectivity index (χ0) is 5.98. The van der Waals surface area contributed by atoms with Crippen LogP contribution >= 0.6 is 11.6 Å². The van der Waals surface area contributed by atoms with Gasteiger partial charge in [0.25, 0.3) is 0 Å². The summed E-state index contributed by atoms with van der Waals surface area (Å²) >= 11 is 5.48. The second kappa shape index (κ2) is 1.89. The number of halogens is 1. The Hall–Kier alpha value is -0.940. The van der Waals surface area contributed by atoms with Crippen LogP contribution in [0.25, 0.3) is 0 Å². The summed E-state index contributed by atoms with van der Waals surface area (Å²) in [6.45, 7) is 0. The quantitative estimate of drug-likeness (QED) is 0.518. The maximum absolute atomic E-state index is 8.24. The van der Waals surface area contributed by atoms with E-state index in [1.807, 2.05) is 6.19 Å². The molecule has 0 N–H and O–H groups in total. The van der Waals surface area contributed by atoms with Crippen molar-refractivity contribution < 1.29 is 0 Å². The Morgan fingerprint density at radius 1 is 1.75 bits per heavy atom. The SMILES string of the molecule is N#Cn1cccc1Cl. The van der Waals surface area contributed by atoms with E-state index >= 15 is 0 Å². The molecule has 0 radical (unpaired) electrons. The lowest BCUT2D eigenvalue weighted by atomic mass is 10.7. The number of nitriles is 1. The minimum absolute atomic E-state index is 0.451. The maximum atomic E-state index is 8.24. The molecule has 0 atom stereocenters. The molecule has 0 aliphatic carbocycles. The van der Waals surface area contributed by atoms with E-state index in [2.05, 4.69) is 0 Å². The third-order valence-corrected chi connectivity index (χ3v) is 1.11. The zero-order valence-electron chi connectivity index (χ0n) is 4.00. The molecule has 0 saturated carbocycles. The van der Waals surface area contributed by atoms with Gasteiger partial charge < -0.3 is 0 Å². The Morgan fingerprint density at radius 3 is 2.75 bits per heavy atom. The first-order valence-electron chi connectivity index (χ1n) is 2.07. The van der Waals surface area contributed by atoms with Gasteiger partial charge in [0.05, 0.1) is 0 Å². The summed E-state index contributed by atoms with van der Waals surface area (Å²) in [5.41, 5.74) is 0. The van der Waals surface area contributed by atoms with E-state index < -0.39 is 0 Å². The van der Waals surface area contributed by atoms with Crippen molar-refractivity contribution in [3.8, 4) is 6.19 Å². The Kier molecular flexibility index (Phi) is 1.23. The minimum atomic E-state index is 0.451. The molecular formula is C5H3ClN2. The summed E-state index contributed by atoms with van der Waals surface area (Å²) < 4.78 is 1.28. The van der Waals surface area contributed by atoms with Gasteiger partial charge in [0.2, 0.25) is 0 Å². The van der Waals surface area contributed by atoms with Crippen LogP contribution in [0, 0.1) is 11.5 Å². The first-order chi connectivity index (χ1) is 3.84. The molecule has 0 amide bonds. The van der Waals surface area contributed by atoms with E-state index in [1.165, 1.54) is 4.57 Å². The highest BCUT2D eigenvalue weighted by Gasteiger charge is 1.90. The van der Waals surface area contributed by atoms with E-state index in [0.29, 0.717) is 5.15 Å². The molecule has 0 saturated heterocycles. The van der Waals surface area contributed by atoms with Crippen LogP contribution in [0.1, 0.15) is 0 Å². The van der Waals surface area contributed by atoms with Gasteiger partial charge in [-0.3, -0.25) is 0 Å². The third kappa shape index (κ3) is 0.682. The monoisotopic (exact) mass is 126 g/mol. The highest BCUT2D eigenvalue weighted by atomic mass is 35.5. The Labute approximate surface area is 51.9 Å². The molecule has 1 rings (SSSR count). The van der Waals surface area contributed by atoms with E-state index in [1.54, 1.807) is 18.3 Å². The first kappa shape index (κ1) is 5.20. The molecule has 40 valence electrons. The van der Waals surface area contributed by atoms with Crippen LogP contribution in [-0.4, -0.2) is 4.57 Å². The largest absolute Gasteiger partial charge is 0.244 e. The molecule has 1 heterocycles. The molecule has 0 spiro atoms. The fourth-order valence-electron chi connectivity index (χ4n) is 0.441. The fourth-order valence-corrected chi connectivity index (χ4v) is 0.608. The van der Waals surface area contributed by atoms with Crippen LogP contribution in [0.4, 0.5) is 0 Å². The second-order valence-corrected chi connectivity index (χ2v) is 1.69. The minimum Gasteiger partial charge on any atom is -0.244 e. The highest BCUT2D eigenvalue weighted by Crippen LogP contribution is 2.05. The van der Waals surface area contributed by atoms with E-state index in [0.717, 1.165) is 0 Å². The van der Waals surface area contributed by atoms with Gasteiger partial charge in [-0.05, 0) is 12.1 Å². The van der Waals surface area contributed by atoms with Gasteiger partial charge >= 0.3 is 0 Å². The lowest BCUT2D eigenvalue weighted by molar-refractivity contribution is 1.10. The maximum Gasteiger partial charge on any atom is 0.189 e. The number of aromatic nitrogens is 1. The van der Waals surface area contributed by atoms with Gasteiger partial charge in [0, 0.05) is 6.20 Å². The van der Waals surface area contributed by atoms with Crippen molar-refractivity contribution in [2.45, 2.75) is 0 Å². The van der Waals surface area contributed by atoms with Crippen molar-refractivity contribution in [3.05, 3.63) is 23.5 Å². The molecule has 8 heavy (non-hydrogen) atoms. The van der Waals surface area contributed by atoms with Gasteiger partial charge in [0.1, 0.15) is 5.15 Å². The summed E-state index contributed by atoms with van der Waals surface area (Å²) in [4.78, 5) is 0. The molecule has 1 aromatic rings. The average molecular weight is 127 g/mol. The van der Waals surface area contributed by atoms with Gasteiger partial charge in [-0.25, -0.2) is 4.57 Å². The van der Waals surface area contributed by atoms with Crippen molar-refractivity contribution in [1.29, 1.82) is 5.26 Å². The fraction of sp³-hybridized carbons (Fsp3) is 0. The van der Waals surface area contributed by atoms with Crippen LogP contribution < -0.4 is 0 Å². The van der Waals surface area contributed by atoms with E-state index in [4.69, 9.17) is 16.9 Å². The number of hydrogen-bond donors (Lipinski definition) is 0. The van der Waals surface area contributed by atoms with E-state index in [-0.39, 0.29) is 0 Å². The number of nitrogens with zero attached hydrogens (tertiary/aromatic N) is 2. The van der Waals surface area contributed by atoms with Gasteiger partial charge in [0.15, 0.2) is 6.19 Å². The van der Waals surface area contributed by atoms with Crippen molar-refractivity contribution in [2.24, 2.45) is 0 Å². The predicted octanol–water partition coefficient (Wildman–Crippen LogP) is 1.47.